The molecular weight excluding hydrogens is 400 g/mol. The van der Waals surface area contributed by atoms with Crippen molar-refractivity contribution in [3.8, 4) is 0 Å². The van der Waals surface area contributed by atoms with Gasteiger partial charge in [-0.05, 0) is 49.6 Å². The van der Waals surface area contributed by atoms with E-state index >= 15 is 0 Å². The second-order valence-electron chi connectivity index (χ2n) is 7.34. The van der Waals surface area contributed by atoms with Crippen molar-refractivity contribution in [2.75, 3.05) is 18.4 Å². The van der Waals surface area contributed by atoms with Crippen molar-refractivity contribution in [1.82, 2.24) is 14.1 Å². The predicted molar refractivity (Wildman–Crippen MR) is 115 cm³/mol. The molecule has 0 bridgehead atoms. The zero-order valence-corrected chi connectivity index (χ0v) is 17.5. The Balaban J connectivity index is 1.50. The highest BCUT2D eigenvalue weighted by Gasteiger charge is 2.27. The van der Waals surface area contributed by atoms with E-state index in [0.717, 1.165) is 18.4 Å². The van der Waals surface area contributed by atoms with Crippen LogP contribution in [0.4, 0.5) is 5.82 Å². The summed E-state index contributed by atoms with van der Waals surface area (Å²) in [5, 5.41) is 7.22. The van der Waals surface area contributed by atoms with Gasteiger partial charge in [0.2, 0.25) is 10.0 Å². The Morgan fingerprint density at radius 2 is 1.67 bits per heavy atom. The lowest BCUT2D eigenvalue weighted by Crippen LogP contribution is -2.27. The summed E-state index contributed by atoms with van der Waals surface area (Å²) in [5.74, 6) is 0.257. The van der Waals surface area contributed by atoms with Crippen LogP contribution in [0.1, 0.15) is 41.7 Å². The van der Waals surface area contributed by atoms with Gasteiger partial charge in [-0.2, -0.15) is 9.40 Å². The fraction of sp³-hybridized carbons (Fsp3) is 0.273. The van der Waals surface area contributed by atoms with Crippen molar-refractivity contribution in [2.24, 2.45) is 0 Å². The largest absolute Gasteiger partial charge is 0.307 e. The molecule has 4 rings (SSSR count). The molecule has 8 heteroatoms. The number of nitrogens with zero attached hydrogens (tertiary/aromatic N) is 3. The standard InChI is InChI=1S/C22H24N4O3S/c1-17(18-7-3-2-4-8-18)26-21(13-14-23-26)24-22(27)19-9-11-20(12-10-19)30(28,29)25-15-5-6-16-25/h2-4,7-14,17H,5-6,15-16H2,1H3,(H,24,27)/t17-/m0/s1. The summed E-state index contributed by atoms with van der Waals surface area (Å²) in [7, 11) is -3.49. The minimum atomic E-state index is -3.49. The van der Waals surface area contributed by atoms with Gasteiger partial charge in [0.25, 0.3) is 5.91 Å². The number of hydrogen-bond donors (Lipinski definition) is 1. The molecule has 7 nitrogen and oxygen atoms in total. The third-order valence-corrected chi connectivity index (χ3v) is 7.29. The summed E-state index contributed by atoms with van der Waals surface area (Å²) < 4.78 is 28.5. The highest BCUT2D eigenvalue weighted by atomic mass is 32.2. The third-order valence-electron chi connectivity index (χ3n) is 5.38. The van der Waals surface area contributed by atoms with Gasteiger partial charge in [0.15, 0.2) is 0 Å². The van der Waals surface area contributed by atoms with E-state index < -0.39 is 10.0 Å². The fourth-order valence-electron chi connectivity index (χ4n) is 3.64. The molecule has 30 heavy (non-hydrogen) atoms. The molecule has 0 spiro atoms. The van der Waals surface area contributed by atoms with Crippen molar-refractivity contribution in [3.05, 3.63) is 78.0 Å². The molecule has 0 radical (unpaired) electrons. The van der Waals surface area contributed by atoms with Crippen LogP contribution in [-0.2, 0) is 10.0 Å². The molecule has 1 atom stereocenters. The van der Waals surface area contributed by atoms with Gasteiger partial charge in [-0.25, -0.2) is 13.1 Å². The number of anilines is 1. The van der Waals surface area contributed by atoms with Crippen molar-refractivity contribution < 1.29 is 13.2 Å². The van der Waals surface area contributed by atoms with E-state index in [1.165, 1.54) is 16.4 Å². The number of nitrogens with one attached hydrogen (secondary N) is 1. The summed E-state index contributed by atoms with van der Waals surface area (Å²) in [4.78, 5) is 12.9. The first kappa shape index (κ1) is 20.3. The number of aromatic nitrogens is 2. The molecular formula is C22H24N4O3S. The van der Waals surface area contributed by atoms with Gasteiger partial charge >= 0.3 is 0 Å². The number of benzene rings is 2. The average Bonchev–Trinajstić information content (AvgIpc) is 3.47. The Morgan fingerprint density at radius 3 is 2.33 bits per heavy atom. The smallest absolute Gasteiger partial charge is 0.256 e. The Kier molecular flexibility index (Phi) is 5.69. The molecule has 1 N–H and O–H groups in total. The Hall–Kier alpha value is -2.97. The summed E-state index contributed by atoms with van der Waals surface area (Å²) in [6.07, 6.45) is 3.41. The number of amides is 1. The van der Waals surface area contributed by atoms with Crippen LogP contribution in [-0.4, -0.2) is 41.5 Å². The van der Waals surface area contributed by atoms with Crippen LogP contribution in [0, 0.1) is 0 Å². The van der Waals surface area contributed by atoms with E-state index in [-0.39, 0.29) is 16.8 Å². The van der Waals surface area contributed by atoms with Crippen LogP contribution in [0.15, 0.2) is 71.8 Å². The zero-order chi connectivity index (χ0) is 21.1. The monoisotopic (exact) mass is 424 g/mol. The molecule has 2 aromatic carbocycles. The molecule has 1 aliphatic heterocycles. The number of carbonyl (C=O) groups excluding carboxylic acids is 1. The molecule has 3 aromatic rings. The molecule has 2 heterocycles. The second kappa shape index (κ2) is 8.41. The first-order valence-electron chi connectivity index (χ1n) is 9.97. The molecule has 1 aromatic heterocycles. The van der Waals surface area contributed by atoms with Crippen LogP contribution in [0.25, 0.3) is 0 Å². The lowest BCUT2D eigenvalue weighted by Gasteiger charge is -2.17. The topological polar surface area (TPSA) is 84.3 Å². The quantitative estimate of drug-likeness (QED) is 0.656. The van der Waals surface area contributed by atoms with Crippen LogP contribution >= 0.6 is 0 Å². The average molecular weight is 425 g/mol. The van der Waals surface area contributed by atoms with Gasteiger partial charge in [0, 0.05) is 24.7 Å². The van der Waals surface area contributed by atoms with Crippen molar-refractivity contribution in [2.45, 2.75) is 30.7 Å². The number of rotatable bonds is 6. The lowest BCUT2D eigenvalue weighted by atomic mass is 10.1. The predicted octanol–water partition coefficient (Wildman–Crippen LogP) is 3.53. The summed E-state index contributed by atoms with van der Waals surface area (Å²) in [5.41, 5.74) is 1.46. The number of carbonyl (C=O) groups is 1. The zero-order valence-electron chi connectivity index (χ0n) is 16.7. The first-order chi connectivity index (χ1) is 14.5. The van der Waals surface area contributed by atoms with Gasteiger partial charge in [-0.15, -0.1) is 0 Å². The molecule has 0 aliphatic carbocycles. The Labute approximate surface area is 176 Å². The second-order valence-corrected chi connectivity index (χ2v) is 9.28. The van der Waals surface area contributed by atoms with Gasteiger partial charge < -0.3 is 5.32 Å². The van der Waals surface area contributed by atoms with E-state index in [1.807, 2.05) is 37.3 Å². The van der Waals surface area contributed by atoms with E-state index in [0.29, 0.717) is 24.5 Å². The number of hydrogen-bond acceptors (Lipinski definition) is 4. The van der Waals surface area contributed by atoms with Crippen molar-refractivity contribution in [1.29, 1.82) is 0 Å². The van der Waals surface area contributed by atoms with Crippen molar-refractivity contribution in [3.63, 3.8) is 0 Å². The van der Waals surface area contributed by atoms with Crippen LogP contribution < -0.4 is 5.32 Å². The van der Waals surface area contributed by atoms with Crippen LogP contribution in [0.5, 0.6) is 0 Å². The molecule has 1 fully saturated rings. The van der Waals surface area contributed by atoms with Crippen molar-refractivity contribution >= 4 is 21.7 Å². The first-order valence-corrected chi connectivity index (χ1v) is 11.4. The Morgan fingerprint density at radius 1 is 1.00 bits per heavy atom. The SMILES string of the molecule is C[C@@H](c1ccccc1)n1nccc1NC(=O)c1ccc(S(=O)(=O)N2CCCC2)cc1. The van der Waals surface area contributed by atoms with Crippen LogP contribution in [0.2, 0.25) is 0 Å². The number of sulfonamides is 1. The maximum Gasteiger partial charge on any atom is 0.256 e. The van der Waals surface area contributed by atoms with Gasteiger partial charge in [-0.3, -0.25) is 4.79 Å². The third kappa shape index (κ3) is 4.01. The maximum absolute atomic E-state index is 12.7. The van der Waals surface area contributed by atoms with E-state index in [9.17, 15) is 13.2 Å². The van der Waals surface area contributed by atoms with Gasteiger partial charge in [0.1, 0.15) is 5.82 Å². The minimum Gasteiger partial charge on any atom is -0.307 e. The molecule has 1 aliphatic rings. The van der Waals surface area contributed by atoms with Gasteiger partial charge in [0.05, 0.1) is 17.1 Å². The van der Waals surface area contributed by atoms with Gasteiger partial charge in [-0.1, -0.05) is 30.3 Å². The van der Waals surface area contributed by atoms with Crippen LogP contribution in [0.3, 0.4) is 0 Å². The normalized spacial score (nSPS) is 15.8. The summed E-state index contributed by atoms with van der Waals surface area (Å²) >= 11 is 0. The van der Waals surface area contributed by atoms with E-state index in [2.05, 4.69) is 10.4 Å². The van der Waals surface area contributed by atoms with E-state index in [4.69, 9.17) is 0 Å². The molecule has 156 valence electrons. The maximum atomic E-state index is 12.7. The summed E-state index contributed by atoms with van der Waals surface area (Å²) in [6, 6.07) is 17.7. The Bertz CT molecular complexity index is 1120. The van der Waals surface area contributed by atoms with E-state index in [1.54, 1.807) is 29.1 Å². The molecule has 0 saturated carbocycles. The fourth-order valence-corrected chi connectivity index (χ4v) is 5.16. The lowest BCUT2D eigenvalue weighted by molar-refractivity contribution is 0.102. The summed E-state index contributed by atoms with van der Waals surface area (Å²) in [6.45, 7) is 3.11. The highest BCUT2D eigenvalue weighted by Crippen LogP contribution is 2.23. The molecule has 1 amide bonds. The molecule has 0 unspecified atom stereocenters. The highest BCUT2D eigenvalue weighted by molar-refractivity contribution is 7.89. The molecule has 1 saturated heterocycles. The minimum absolute atomic E-state index is 0.0514.